The Morgan fingerprint density at radius 1 is 1.20 bits per heavy atom. The predicted octanol–water partition coefficient (Wildman–Crippen LogP) is 2.87. The molecule has 14 heteroatoms. The lowest BCUT2D eigenvalue weighted by molar-refractivity contribution is -0.130. The third kappa shape index (κ3) is 6.65. The van der Waals surface area contributed by atoms with Gasteiger partial charge in [-0.25, -0.2) is 13.8 Å². The third-order valence-corrected chi connectivity index (χ3v) is 8.93. The zero-order valence-corrected chi connectivity index (χ0v) is 26.2. The molecule has 1 aromatic carbocycles. The number of thiophene rings is 1. The molecule has 3 heterocycles. The topological polar surface area (TPSA) is 150 Å². The first kappa shape index (κ1) is 32.7. The smallest absolute Gasteiger partial charge is 0.333 e. The first-order valence-electron chi connectivity index (χ1n) is 14.3. The maximum atomic E-state index is 14.0. The molecule has 0 bridgehead atoms. The van der Waals surface area contributed by atoms with Gasteiger partial charge in [0.05, 0.1) is 24.9 Å². The Hall–Kier alpha value is -4.17. The molecule has 1 aliphatic carbocycles. The number of nitrogens with one attached hydrogen (secondary N) is 1. The summed E-state index contributed by atoms with van der Waals surface area (Å²) in [4.78, 5) is 52.9. The van der Waals surface area contributed by atoms with Gasteiger partial charge in [0.25, 0.3) is 5.56 Å². The van der Waals surface area contributed by atoms with Crippen molar-refractivity contribution in [2.75, 3.05) is 13.7 Å². The van der Waals surface area contributed by atoms with Crippen LogP contribution in [-0.4, -0.2) is 60.7 Å². The fourth-order valence-electron chi connectivity index (χ4n) is 4.88. The van der Waals surface area contributed by atoms with Crippen LogP contribution < -0.4 is 21.3 Å². The van der Waals surface area contributed by atoms with Crippen LogP contribution in [0.5, 0.6) is 5.75 Å². The molecule has 0 spiro atoms. The number of nitrogens with zero attached hydrogens (tertiary/aromatic N) is 5. The Morgan fingerprint density at radius 3 is 2.43 bits per heavy atom. The number of Topliss-reactive ketones (excluding diaryl/α,β-unsaturated/α-hetero) is 1. The Balaban J connectivity index is 0.000000670. The summed E-state index contributed by atoms with van der Waals surface area (Å²) in [6.07, 6.45) is 6.39. The van der Waals surface area contributed by atoms with E-state index in [0.717, 1.165) is 23.8 Å². The van der Waals surface area contributed by atoms with E-state index >= 15 is 0 Å². The molecular formula is C30H37FN6O6S. The molecular weight excluding hydrogens is 591 g/mol. The number of ketones is 1. The summed E-state index contributed by atoms with van der Waals surface area (Å²) in [7, 11) is 1.50. The minimum Gasteiger partial charge on any atom is -0.496 e. The maximum Gasteiger partial charge on any atom is 0.333 e. The van der Waals surface area contributed by atoms with Crippen LogP contribution in [0.2, 0.25) is 0 Å². The Labute approximate surface area is 257 Å². The number of aromatic nitrogens is 5. The van der Waals surface area contributed by atoms with E-state index in [1.54, 1.807) is 20.8 Å². The number of halogens is 1. The van der Waals surface area contributed by atoms with E-state index in [-0.39, 0.29) is 37.3 Å². The summed E-state index contributed by atoms with van der Waals surface area (Å²) in [5.41, 5.74) is -1.44. The molecule has 5 rings (SSSR count). The standard InChI is InChI=1S/C26H29FN6O4S.C4H8O2/c1-15-20-21(34)32(26(2,3)24(35)30-18-6-5-7-18)25(36)31(23(20)38-22(15)33-28-11-12-29-33)13-10-16-14-17(27)8-9-19(16)37-4;1-4(6)2-3-5/h8-9,11-12,14,18H,5-7,10,13H2,1-4H3,(H,30,35);5H,2-3H2,1H3. The number of hydrogen-bond acceptors (Lipinski definition) is 9. The van der Waals surface area contributed by atoms with Crippen molar-refractivity contribution in [1.29, 1.82) is 0 Å². The summed E-state index contributed by atoms with van der Waals surface area (Å²) in [5.74, 6) is -0.275. The number of ether oxygens (including phenoxy) is 1. The SMILES string of the molecule is CC(=O)CCO.COc1ccc(F)cc1CCn1c(=O)n(C(C)(C)C(=O)NC2CCC2)c(=O)c2c(C)c(-n3nccn3)sc21. The Morgan fingerprint density at radius 2 is 1.89 bits per heavy atom. The van der Waals surface area contributed by atoms with Crippen molar-refractivity contribution in [3.63, 3.8) is 0 Å². The van der Waals surface area contributed by atoms with Gasteiger partial charge >= 0.3 is 5.69 Å². The molecule has 0 radical (unpaired) electrons. The van der Waals surface area contributed by atoms with Gasteiger partial charge in [0.2, 0.25) is 5.91 Å². The van der Waals surface area contributed by atoms with Crippen molar-refractivity contribution in [3.8, 4) is 10.8 Å². The molecule has 0 unspecified atom stereocenters. The van der Waals surface area contributed by atoms with Gasteiger partial charge in [-0.2, -0.15) is 10.2 Å². The highest BCUT2D eigenvalue weighted by Crippen LogP contribution is 2.31. The van der Waals surface area contributed by atoms with Gasteiger partial charge in [0, 0.05) is 31.2 Å². The third-order valence-electron chi connectivity index (χ3n) is 7.65. The molecule has 0 saturated heterocycles. The maximum absolute atomic E-state index is 14.0. The van der Waals surface area contributed by atoms with E-state index < -0.39 is 22.6 Å². The van der Waals surface area contributed by atoms with Crippen LogP contribution >= 0.6 is 11.3 Å². The molecule has 44 heavy (non-hydrogen) atoms. The highest BCUT2D eigenvalue weighted by Gasteiger charge is 2.37. The van der Waals surface area contributed by atoms with Gasteiger partial charge in [-0.05, 0) is 77.1 Å². The number of aliphatic hydroxyl groups is 1. The molecule has 2 N–H and O–H groups in total. The van der Waals surface area contributed by atoms with Gasteiger partial charge in [-0.15, -0.1) is 4.80 Å². The lowest BCUT2D eigenvalue weighted by Gasteiger charge is -2.32. The van der Waals surface area contributed by atoms with E-state index in [0.29, 0.717) is 38.5 Å². The summed E-state index contributed by atoms with van der Waals surface area (Å²) >= 11 is 1.22. The normalized spacial score (nSPS) is 13.2. The molecule has 0 atom stereocenters. The minimum atomic E-state index is -1.45. The fraction of sp³-hybridized carbons (Fsp3) is 0.467. The van der Waals surface area contributed by atoms with Crippen molar-refractivity contribution in [3.05, 3.63) is 68.4 Å². The number of rotatable bonds is 10. The molecule has 1 amide bonds. The van der Waals surface area contributed by atoms with E-state index in [9.17, 15) is 23.6 Å². The summed E-state index contributed by atoms with van der Waals surface area (Å²) in [6.45, 7) is 6.49. The number of aryl methyl sites for hydroxylation is 3. The first-order valence-corrected chi connectivity index (χ1v) is 15.1. The lowest BCUT2D eigenvalue weighted by Crippen LogP contribution is -2.57. The lowest BCUT2D eigenvalue weighted by atomic mass is 9.91. The van der Waals surface area contributed by atoms with Crippen molar-refractivity contribution in [2.24, 2.45) is 0 Å². The average molecular weight is 629 g/mol. The molecule has 1 aliphatic rings. The number of hydrogen-bond donors (Lipinski definition) is 2. The van der Waals surface area contributed by atoms with Gasteiger partial charge in [-0.3, -0.25) is 19.0 Å². The quantitative estimate of drug-likeness (QED) is 0.272. The van der Waals surface area contributed by atoms with Crippen LogP contribution in [0.3, 0.4) is 0 Å². The number of aliphatic hydroxyl groups excluding tert-OH is 1. The van der Waals surface area contributed by atoms with Crippen LogP contribution in [0.25, 0.3) is 15.2 Å². The second-order valence-corrected chi connectivity index (χ2v) is 12.1. The first-order chi connectivity index (χ1) is 20.9. The van der Waals surface area contributed by atoms with Crippen LogP contribution in [-0.2, 0) is 28.1 Å². The molecule has 1 fully saturated rings. The van der Waals surface area contributed by atoms with E-state index in [4.69, 9.17) is 9.84 Å². The van der Waals surface area contributed by atoms with Crippen LogP contribution in [0.4, 0.5) is 4.39 Å². The van der Waals surface area contributed by atoms with Gasteiger partial charge in [0.1, 0.15) is 32.7 Å². The van der Waals surface area contributed by atoms with Crippen LogP contribution in [0.15, 0.2) is 40.2 Å². The largest absolute Gasteiger partial charge is 0.496 e. The fourth-order valence-corrected chi connectivity index (χ4v) is 6.12. The molecule has 3 aromatic heterocycles. The number of amides is 1. The second-order valence-electron chi connectivity index (χ2n) is 11.1. The van der Waals surface area contributed by atoms with E-state index in [2.05, 4.69) is 15.5 Å². The molecule has 236 valence electrons. The highest BCUT2D eigenvalue weighted by molar-refractivity contribution is 7.21. The molecule has 12 nitrogen and oxygen atoms in total. The molecule has 1 saturated carbocycles. The number of fused-ring (bicyclic) bond motifs is 1. The van der Waals surface area contributed by atoms with Gasteiger partial charge < -0.3 is 15.2 Å². The molecule has 0 aliphatic heterocycles. The Bertz CT molecular complexity index is 1770. The van der Waals surface area contributed by atoms with Crippen LogP contribution in [0.1, 0.15) is 57.6 Å². The number of methoxy groups -OCH3 is 1. The molecule has 4 aromatic rings. The van der Waals surface area contributed by atoms with Gasteiger partial charge in [-0.1, -0.05) is 11.3 Å². The summed E-state index contributed by atoms with van der Waals surface area (Å²) in [5, 5.41) is 20.3. The van der Waals surface area contributed by atoms with Crippen LogP contribution in [0, 0.1) is 12.7 Å². The van der Waals surface area contributed by atoms with E-state index in [1.807, 2.05) is 0 Å². The monoisotopic (exact) mass is 628 g/mol. The second kappa shape index (κ2) is 13.6. The average Bonchev–Trinajstić information content (AvgIpc) is 3.59. The summed E-state index contributed by atoms with van der Waals surface area (Å²) < 4.78 is 21.9. The number of benzene rings is 1. The van der Waals surface area contributed by atoms with E-state index in [1.165, 1.54) is 65.3 Å². The summed E-state index contributed by atoms with van der Waals surface area (Å²) in [6, 6.07) is 4.26. The van der Waals surface area contributed by atoms with Crippen molar-refractivity contribution in [2.45, 2.75) is 77.9 Å². The zero-order valence-electron chi connectivity index (χ0n) is 25.4. The van der Waals surface area contributed by atoms with Crippen molar-refractivity contribution in [1.82, 2.24) is 29.4 Å². The highest BCUT2D eigenvalue weighted by atomic mass is 32.1. The minimum absolute atomic E-state index is 0.0185. The predicted molar refractivity (Wildman–Crippen MR) is 164 cm³/mol. The number of carbonyl (C=O) groups excluding carboxylic acids is 2. The number of carbonyl (C=O) groups is 2. The van der Waals surface area contributed by atoms with Crippen molar-refractivity contribution >= 4 is 33.2 Å². The Kier molecular flexibility index (Phi) is 10.1. The van der Waals surface area contributed by atoms with Crippen molar-refractivity contribution < 1.29 is 23.8 Å². The zero-order chi connectivity index (χ0) is 32.2. The van der Waals surface area contributed by atoms with Gasteiger partial charge in [0.15, 0.2) is 0 Å².